The van der Waals surface area contributed by atoms with Gasteiger partial charge in [0.2, 0.25) is 0 Å². The van der Waals surface area contributed by atoms with Crippen molar-refractivity contribution in [1.29, 1.82) is 0 Å². The molecule has 1 aromatic rings. The fraction of sp³-hybridized carbons (Fsp3) is 0.462. The van der Waals surface area contributed by atoms with Gasteiger partial charge in [-0.1, -0.05) is 0 Å². The van der Waals surface area contributed by atoms with Gasteiger partial charge in [-0.25, -0.2) is 0 Å². The van der Waals surface area contributed by atoms with Crippen LogP contribution >= 0.6 is 35.0 Å². The highest BCUT2D eigenvalue weighted by Gasteiger charge is 2.25. The van der Waals surface area contributed by atoms with Crippen LogP contribution in [0.1, 0.15) is 17.3 Å². The molecule has 1 aliphatic heterocycles. The number of amides is 1. The second-order valence-corrected chi connectivity index (χ2v) is 5.56. The topological polar surface area (TPSA) is 41.6 Å². The maximum atomic E-state index is 12.5. The summed E-state index contributed by atoms with van der Waals surface area (Å²) < 4.78 is 6.09. The summed E-state index contributed by atoms with van der Waals surface area (Å²) in [5, 5.41) is 3.29. The lowest BCUT2D eigenvalue weighted by atomic mass is 10.1. The number of nitrogens with zero attached hydrogens (tertiary/aromatic N) is 1. The van der Waals surface area contributed by atoms with E-state index in [1.165, 1.54) is 0 Å². The summed E-state index contributed by atoms with van der Waals surface area (Å²) in [6, 6.07) is 5.81. The van der Waals surface area contributed by atoms with E-state index >= 15 is 0 Å². The number of methoxy groups -OCH3 is 1. The molecule has 2 rings (SSSR count). The summed E-state index contributed by atoms with van der Waals surface area (Å²) in [6.45, 7) is 4.56. The fourth-order valence-corrected chi connectivity index (χ4v) is 2.81. The average molecular weight is 397 g/mol. The van der Waals surface area contributed by atoms with Crippen LogP contribution in [0.25, 0.3) is 0 Å². The number of carbonyl (C=O) groups excluding carboxylic acids is 1. The van der Waals surface area contributed by atoms with Crippen LogP contribution < -0.4 is 10.1 Å². The molecule has 1 amide bonds. The third-order valence-corrected chi connectivity index (χ3v) is 4.06. The number of rotatable bonds is 2. The highest BCUT2D eigenvalue weighted by Crippen LogP contribution is 2.21. The number of ether oxygens (including phenoxy) is 1. The molecule has 106 valence electrons. The highest BCUT2D eigenvalue weighted by atomic mass is 127. The van der Waals surface area contributed by atoms with Crippen molar-refractivity contribution in [1.82, 2.24) is 10.2 Å². The lowest BCUT2D eigenvalue weighted by Gasteiger charge is -2.34. The Morgan fingerprint density at radius 2 is 2.26 bits per heavy atom. The lowest BCUT2D eigenvalue weighted by Crippen LogP contribution is -2.52. The Morgan fingerprint density at radius 3 is 2.84 bits per heavy atom. The molecule has 1 heterocycles. The van der Waals surface area contributed by atoms with E-state index in [-0.39, 0.29) is 24.4 Å². The number of hydrogen-bond donors (Lipinski definition) is 1. The van der Waals surface area contributed by atoms with Gasteiger partial charge in [-0.15, -0.1) is 12.4 Å². The molecule has 0 saturated carbocycles. The van der Waals surface area contributed by atoms with Crippen molar-refractivity contribution in [3.05, 3.63) is 27.3 Å². The van der Waals surface area contributed by atoms with Gasteiger partial charge >= 0.3 is 0 Å². The molecule has 0 aromatic heterocycles. The maximum Gasteiger partial charge on any atom is 0.255 e. The third-order valence-electron chi connectivity index (χ3n) is 3.17. The van der Waals surface area contributed by atoms with E-state index in [0.717, 1.165) is 34.5 Å². The number of nitrogens with one attached hydrogen (secondary N) is 1. The van der Waals surface area contributed by atoms with Crippen molar-refractivity contribution >= 4 is 40.9 Å². The standard InChI is InChI=1S/C13H17IN2O2.ClH/c1-9-8-15-5-6-16(9)13(17)11-4-3-10(18-2)7-12(11)14;/h3-4,7,9,15H,5-6,8H2,1-2H3;1H/t9-;/m0./s1. The minimum absolute atomic E-state index is 0. The first kappa shape index (κ1) is 16.5. The molecule has 1 N–H and O–H groups in total. The zero-order chi connectivity index (χ0) is 13.1. The highest BCUT2D eigenvalue weighted by molar-refractivity contribution is 14.1. The van der Waals surface area contributed by atoms with Crippen molar-refractivity contribution in [2.45, 2.75) is 13.0 Å². The fourth-order valence-electron chi connectivity index (χ4n) is 2.09. The zero-order valence-corrected chi connectivity index (χ0v) is 14.0. The van der Waals surface area contributed by atoms with Gasteiger partial charge in [0.1, 0.15) is 5.75 Å². The number of halogens is 2. The Hall–Kier alpha value is -0.530. The molecular formula is C13H18ClIN2O2. The van der Waals surface area contributed by atoms with Gasteiger partial charge in [-0.2, -0.15) is 0 Å². The van der Waals surface area contributed by atoms with Gasteiger partial charge in [0.25, 0.3) is 5.91 Å². The van der Waals surface area contributed by atoms with Gasteiger partial charge in [0.05, 0.1) is 12.7 Å². The van der Waals surface area contributed by atoms with Gasteiger partial charge < -0.3 is 15.0 Å². The van der Waals surface area contributed by atoms with Gasteiger partial charge in [-0.3, -0.25) is 4.79 Å². The van der Waals surface area contributed by atoms with Crippen LogP contribution in [0.2, 0.25) is 0 Å². The average Bonchev–Trinajstić information content (AvgIpc) is 2.38. The van der Waals surface area contributed by atoms with E-state index < -0.39 is 0 Å². The Morgan fingerprint density at radius 1 is 1.53 bits per heavy atom. The third kappa shape index (κ3) is 3.73. The predicted molar refractivity (Wildman–Crippen MR) is 86.3 cm³/mol. The molecule has 19 heavy (non-hydrogen) atoms. The summed E-state index contributed by atoms with van der Waals surface area (Å²) in [5.41, 5.74) is 0.755. The van der Waals surface area contributed by atoms with E-state index in [0.29, 0.717) is 0 Å². The van der Waals surface area contributed by atoms with Crippen LogP contribution in [0.3, 0.4) is 0 Å². The minimum Gasteiger partial charge on any atom is -0.497 e. The Labute approximate surface area is 133 Å². The molecule has 0 aliphatic carbocycles. The van der Waals surface area contributed by atoms with Gasteiger partial charge in [0, 0.05) is 29.2 Å². The number of carbonyl (C=O) groups is 1. The van der Waals surface area contributed by atoms with Crippen LogP contribution in [0.5, 0.6) is 5.75 Å². The summed E-state index contributed by atoms with van der Waals surface area (Å²) in [6.07, 6.45) is 0. The molecule has 0 bridgehead atoms. The molecule has 0 radical (unpaired) electrons. The second kappa shape index (κ2) is 7.31. The molecule has 0 spiro atoms. The van der Waals surface area contributed by atoms with Crippen molar-refractivity contribution < 1.29 is 9.53 Å². The molecule has 1 aliphatic rings. The van der Waals surface area contributed by atoms with Crippen LogP contribution in [0.15, 0.2) is 18.2 Å². The Kier molecular flexibility index (Phi) is 6.35. The van der Waals surface area contributed by atoms with Crippen LogP contribution in [0, 0.1) is 3.57 Å². The van der Waals surface area contributed by atoms with Gasteiger partial charge in [-0.05, 0) is 47.7 Å². The number of benzene rings is 1. The normalized spacial score (nSPS) is 18.7. The minimum atomic E-state index is 0. The largest absolute Gasteiger partial charge is 0.497 e. The quantitative estimate of drug-likeness (QED) is 0.779. The first-order valence-electron chi connectivity index (χ1n) is 5.98. The van der Waals surface area contributed by atoms with E-state index in [1.807, 2.05) is 23.1 Å². The molecule has 1 aromatic carbocycles. The predicted octanol–water partition coefficient (Wildman–Crippen LogP) is 2.16. The summed E-state index contributed by atoms with van der Waals surface area (Å²) in [5.74, 6) is 0.889. The van der Waals surface area contributed by atoms with Crippen molar-refractivity contribution in [2.24, 2.45) is 0 Å². The van der Waals surface area contributed by atoms with E-state index in [9.17, 15) is 4.79 Å². The molecule has 1 fully saturated rings. The zero-order valence-electron chi connectivity index (χ0n) is 11.0. The molecule has 4 nitrogen and oxygen atoms in total. The summed E-state index contributed by atoms with van der Waals surface area (Å²) in [4.78, 5) is 14.4. The molecule has 0 unspecified atom stereocenters. The smallest absolute Gasteiger partial charge is 0.255 e. The lowest BCUT2D eigenvalue weighted by molar-refractivity contribution is 0.0654. The SMILES string of the molecule is COc1ccc(C(=O)N2CCNC[C@@H]2C)c(I)c1.Cl. The van der Waals surface area contributed by atoms with Crippen LogP contribution in [-0.4, -0.2) is 43.6 Å². The Balaban J connectivity index is 0.00000180. The van der Waals surface area contributed by atoms with E-state index in [1.54, 1.807) is 7.11 Å². The first-order valence-corrected chi connectivity index (χ1v) is 7.06. The van der Waals surface area contributed by atoms with Gasteiger partial charge in [0.15, 0.2) is 0 Å². The molecule has 6 heteroatoms. The second-order valence-electron chi connectivity index (χ2n) is 4.40. The summed E-state index contributed by atoms with van der Waals surface area (Å²) >= 11 is 2.18. The molecular weight excluding hydrogens is 379 g/mol. The van der Waals surface area contributed by atoms with Crippen molar-refractivity contribution in [3.8, 4) is 5.75 Å². The van der Waals surface area contributed by atoms with E-state index in [2.05, 4.69) is 34.8 Å². The summed E-state index contributed by atoms with van der Waals surface area (Å²) in [7, 11) is 1.63. The van der Waals surface area contributed by atoms with E-state index in [4.69, 9.17) is 4.74 Å². The Bertz CT molecular complexity index is 456. The number of piperazine rings is 1. The van der Waals surface area contributed by atoms with Crippen molar-refractivity contribution in [2.75, 3.05) is 26.7 Å². The first-order chi connectivity index (χ1) is 8.63. The van der Waals surface area contributed by atoms with Crippen molar-refractivity contribution in [3.63, 3.8) is 0 Å². The number of hydrogen-bond acceptors (Lipinski definition) is 3. The van der Waals surface area contributed by atoms with Crippen LogP contribution in [-0.2, 0) is 0 Å². The monoisotopic (exact) mass is 396 g/mol. The van der Waals surface area contributed by atoms with Crippen LogP contribution in [0.4, 0.5) is 0 Å². The molecule has 1 atom stereocenters. The maximum absolute atomic E-state index is 12.5. The molecule has 1 saturated heterocycles.